The lowest BCUT2D eigenvalue weighted by Gasteiger charge is -2.31. The molecule has 0 unspecified atom stereocenters. The summed E-state index contributed by atoms with van der Waals surface area (Å²) in [5.74, 6) is -0.504. The van der Waals surface area contributed by atoms with Crippen LogP contribution in [0.15, 0.2) is 18.2 Å². The van der Waals surface area contributed by atoms with Crippen LogP contribution in [0.5, 0.6) is 11.5 Å². The highest BCUT2D eigenvalue weighted by Gasteiger charge is 2.31. The molecule has 1 aromatic carbocycles. The summed E-state index contributed by atoms with van der Waals surface area (Å²) in [6.07, 6.45) is 0.855. The van der Waals surface area contributed by atoms with Gasteiger partial charge < -0.3 is 30.0 Å². The molecule has 2 aliphatic rings. The minimum absolute atomic E-state index is 0.0176. The third-order valence-corrected chi connectivity index (χ3v) is 3.84. The zero-order chi connectivity index (χ0) is 16.3. The SMILES string of the molecule is O=C(NCC1(O)CCOCC1)C(=O)Nc1ccc2c(c1)OCO2. The van der Waals surface area contributed by atoms with E-state index in [9.17, 15) is 14.7 Å². The summed E-state index contributed by atoms with van der Waals surface area (Å²) in [4.78, 5) is 23.7. The molecule has 2 aliphatic heterocycles. The van der Waals surface area contributed by atoms with E-state index in [1.807, 2.05) is 0 Å². The van der Waals surface area contributed by atoms with E-state index < -0.39 is 17.4 Å². The molecule has 0 bridgehead atoms. The molecule has 0 atom stereocenters. The number of hydrogen-bond donors (Lipinski definition) is 3. The van der Waals surface area contributed by atoms with Crippen LogP contribution in [0.4, 0.5) is 5.69 Å². The smallest absolute Gasteiger partial charge is 0.313 e. The molecule has 2 heterocycles. The van der Waals surface area contributed by atoms with Gasteiger partial charge in [-0.2, -0.15) is 0 Å². The van der Waals surface area contributed by atoms with Crippen LogP contribution < -0.4 is 20.1 Å². The van der Waals surface area contributed by atoms with Gasteiger partial charge in [0.1, 0.15) is 0 Å². The molecule has 1 fully saturated rings. The van der Waals surface area contributed by atoms with Gasteiger partial charge in [-0.15, -0.1) is 0 Å². The first-order chi connectivity index (χ1) is 11.1. The molecule has 23 heavy (non-hydrogen) atoms. The maximum atomic E-state index is 11.9. The number of carbonyl (C=O) groups excluding carboxylic acids is 2. The Kier molecular flexibility index (Phi) is 4.35. The van der Waals surface area contributed by atoms with Gasteiger partial charge in [-0.05, 0) is 12.1 Å². The van der Waals surface area contributed by atoms with Crippen molar-refractivity contribution >= 4 is 17.5 Å². The van der Waals surface area contributed by atoms with E-state index in [-0.39, 0.29) is 13.3 Å². The number of hydrogen-bond acceptors (Lipinski definition) is 6. The van der Waals surface area contributed by atoms with Crippen LogP contribution in [0.1, 0.15) is 12.8 Å². The van der Waals surface area contributed by atoms with Crippen molar-refractivity contribution in [3.05, 3.63) is 18.2 Å². The second kappa shape index (κ2) is 6.43. The Hall–Kier alpha value is -2.32. The first-order valence-corrected chi connectivity index (χ1v) is 7.35. The quantitative estimate of drug-likeness (QED) is 0.677. The average molecular weight is 322 g/mol. The first-order valence-electron chi connectivity index (χ1n) is 7.35. The Morgan fingerprint density at radius 3 is 2.65 bits per heavy atom. The molecule has 124 valence electrons. The van der Waals surface area contributed by atoms with Crippen molar-refractivity contribution in [1.29, 1.82) is 0 Å². The molecule has 3 N–H and O–H groups in total. The van der Waals surface area contributed by atoms with E-state index in [0.717, 1.165) is 0 Å². The summed E-state index contributed by atoms with van der Waals surface area (Å²) >= 11 is 0. The Balaban J connectivity index is 1.52. The van der Waals surface area contributed by atoms with Gasteiger partial charge in [0.15, 0.2) is 11.5 Å². The second-order valence-corrected chi connectivity index (χ2v) is 5.54. The van der Waals surface area contributed by atoms with Crippen LogP contribution in [0.2, 0.25) is 0 Å². The van der Waals surface area contributed by atoms with Crippen molar-refractivity contribution in [1.82, 2.24) is 5.32 Å². The number of fused-ring (bicyclic) bond motifs is 1. The molecule has 0 spiro atoms. The van der Waals surface area contributed by atoms with Crippen LogP contribution >= 0.6 is 0 Å². The highest BCUT2D eigenvalue weighted by Crippen LogP contribution is 2.34. The lowest BCUT2D eigenvalue weighted by Crippen LogP contribution is -2.48. The predicted octanol–water partition coefficient (Wildman–Crippen LogP) is 0.0115. The molecule has 0 radical (unpaired) electrons. The molecule has 1 aromatic rings. The largest absolute Gasteiger partial charge is 0.454 e. The maximum absolute atomic E-state index is 11.9. The van der Waals surface area contributed by atoms with Crippen molar-refractivity contribution in [3.8, 4) is 11.5 Å². The van der Waals surface area contributed by atoms with E-state index in [1.54, 1.807) is 18.2 Å². The number of nitrogens with one attached hydrogen (secondary N) is 2. The number of benzene rings is 1. The molecule has 0 aliphatic carbocycles. The number of anilines is 1. The third kappa shape index (κ3) is 3.72. The molecule has 8 nitrogen and oxygen atoms in total. The number of rotatable bonds is 3. The van der Waals surface area contributed by atoms with Crippen molar-refractivity contribution in [2.75, 3.05) is 31.9 Å². The van der Waals surface area contributed by atoms with Gasteiger partial charge >= 0.3 is 11.8 Å². The van der Waals surface area contributed by atoms with E-state index >= 15 is 0 Å². The third-order valence-electron chi connectivity index (χ3n) is 3.84. The fraction of sp³-hybridized carbons (Fsp3) is 0.467. The van der Waals surface area contributed by atoms with Gasteiger partial charge in [0.2, 0.25) is 6.79 Å². The Morgan fingerprint density at radius 1 is 1.13 bits per heavy atom. The number of ether oxygens (including phenoxy) is 3. The van der Waals surface area contributed by atoms with Crippen LogP contribution in [0.25, 0.3) is 0 Å². The van der Waals surface area contributed by atoms with Gasteiger partial charge in [-0.25, -0.2) is 0 Å². The minimum atomic E-state index is -1.02. The first kappa shape index (κ1) is 15.6. The van der Waals surface area contributed by atoms with Crippen molar-refractivity contribution in [3.63, 3.8) is 0 Å². The van der Waals surface area contributed by atoms with Gasteiger partial charge in [0.05, 0.1) is 5.60 Å². The van der Waals surface area contributed by atoms with Crippen LogP contribution in [-0.2, 0) is 14.3 Å². The van der Waals surface area contributed by atoms with Gasteiger partial charge in [-0.3, -0.25) is 9.59 Å². The summed E-state index contributed by atoms with van der Waals surface area (Å²) < 4.78 is 15.5. The van der Waals surface area contributed by atoms with Crippen molar-refractivity contribution in [2.24, 2.45) is 0 Å². The monoisotopic (exact) mass is 322 g/mol. The zero-order valence-corrected chi connectivity index (χ0v) is 12.5. The predicted molar refractivity (Wildman–Crippen MR) is 79.2 cm³/mol. The van der Waals surface area contributed by atoms with Crippen molar-refractivity contribution in [2.45, 2.75) is 18.4 Å². The number of amides is 2. The highest BCUT2D eigenvalue weighted by molar-refractivity contribution is 6.39. The Bertz CT molecular complexity index is 612. The molecule has 0 saturated carbocycles. The Morgan fingerprint density at radius 2 is 1.87 bits per heavy atom. The van der Waals surface area contributed by atoms with Crippen LogP contribution in [0.3, 0.4) is 0 Å². The van der Waals surface area contributed by atoms with E-state index in [2.05, 4.69) is 10.6 Å². The van der Waals surface area contributed by atoms with Crippen molar-refractivity contribution < 1.29 is 28.9 Å². The van der Waals surface area contributed by atoms with E-state index in [1.165, 1.54) is 0 Å². The maximum Gasteiger partial charge on any atom is 0.313 e. The molecule has 1 saturated heterocycles. The summed E-state index contributed by atoms with van der Waals surface area (Å²) in [6, 6.07) is 4.85. The summed E-state index contributed by atoms with van der Waals surface area (Å²) in [7, 11) is 0. The lowest BCUT2D eigenvalue weighted by molar-refractivity contribution is -0.137. The van der Waals surface area contributed by atoms with Crippen LogP contribution in [0, 0.1) is 0 Å². The molecule has 3 rings (SSSR count). The fourth-order valence-electron chi connectivity index (χ4n) is 2.42. The molecule has 8 heteroatoms. The van der Waals surface area contributed by atoms with E-state index in [4.69, 9.17) is 14.2 Å². The summed E-state index contributed by atoms with van der Waals surface area (Å²) in [5.41, 5.74) is -0.591. The average Bonchev–Trinajstić information content (AvgIpc) is 3.01. The lowest BCUT2D eigenvalue weighted by atomic mass is 9.94. The van der Waals surface area contributed by atoms with E-state index in [0.29, 0.717) is 43.2 Å². The normalized spacial score (nSPS) is 18.3. The van der Waals surface area contributed by atoms with Gasteiger partial charge in [-0.1, -0.05) is 0 Å². The summed E-state index contributed by atoms with van der Waals surface area (Å²) in [5, 5.41) is 15.2. The molecular formula is C15H18N2O6. The fourth-order valence-corrected chi connectivity index (χ4v) is 2.42. The molecular weight excluding hydrogens is 304 g/mol. The van der Waals surface area contributed by atoms with Gasteiger partial charge in [0.25, 0.3) is 0 Å². The van der Waals surface area contributed by atoms with Crippen LogP contribution in [-0.4, -0.2) is 49.1 Å². The van der Waals surface area contributed by atoms with Gasteiger partial charge in [0, 0.05) is 44.4 Å². The molecule has 0 aromatic heterocycles. The standard InChI is InChI=1S/C15H18N2O6/c18-13(16-8-15(20)3-5-21-6-4-15)14(19)17-10-1-2-11-12(7-10)23-9-22-11/h1-2,7,20H,3-6,8-9H2,(H,16,18)(H,17,19). The zero-order valence-electron chi connectivity index (χ0n) is 12.5. The molecule has 2 amide bonds. The highest BCUT2D eigenvalue weighted by atomic mass is 16.7. The number of aliphatic hydroxyl groups is 1. The Labute approximate surface area is 132 Å². The topological polar surface area (TPSA) is 106 Å². The minimum Gasteiger partial charge on any atom is -0.454 e. The number of carbonyl (C=O) groups is 2. The summed E-state index contributed by atoms with van der Waals surface area (Å²) in [6.45, 7) is 1.03. The second-order valence-electron chi connectivity index (χ2n) is 5.54.